The molecule has 36 heavy (non-hydrogen) atoms. The van der Waals surface area contributed by atoms with Gasteiger partial charge in [-0.15, -0.1) is 22.7 Å². The Labute approximate surface area is 220 Å². The second-order valence-electron chi connectivity index (χ2n) is 9.92. The molecule has 0 aromatic carbocycles. The highest BCUT2D eigenvalue weighted by atomic mass is 32.1. The molecule has 0 saturated carbocycles. The molecule has 3 aromatic heterocycles. The number of carbonyl (C=O) groups excluding carboxylic acids is 2. The molecule has 1 aliphatic heterocycles. The van der Waals surface area contributed by atoms with Crippen LogP contribution >= 0.6 is 22.7 Å². The van der Waals surface area contributed by atoms with Gasteiger partial charge in [0.1, 0.15) is 10.0 Å². The average molecular weight is 524 g/mol. The molecule has 2 aliphatic carbocycles. The van der Waals surface area contributed by atoms with E-state index in [-0.39, 0.29) is 18.0 Å². The quantitative estimate of drug-likeness (QED) is 0.373. The molecule has 4 heterocycles. The zero-order valence-electron chi connectivity index (χ0n) is 21.0. The van der Waals surface area contributed by atoms with Crippen LogP contribution in [-0.2, 0) is 37.0 Å². The molecular weight excluding hydrogens is 490 g/mol. The van der Waals surface area contributed by atoms with Crippen molar-refractivity contribution in [2.45, 2.75) is 84.2 Å². The van der Waals surface area contributed by atoms with Gasteiger partial charge < -0.3 is 14.2 Å². The summed E-state index contributed by atoms with van der Waals surface area (Å²) < 4.78 is 7.73. The summed E-state index contributed by atoms with van der Waals surface area (Å²) in [5, 5.41) is 5.11. The van der Waals surface area contributed by atoms with E-state index >= 15 is 0 Å². The molecule has 0 fully saturated rings. The summed E-state index contributed by atoms with van der Waals surface area (Å²) in [6.45, 7) is 4.88. The van der Waals surface area contributed by atoms with Crippen LogP contribution in [0.1, 0.15) is 94.5 Å². The molecule has 2 amide bonds. The number of nitrogens with one attached hydrogen (secondary N) is 1. The summed E-state index contributed by atoms with van der Waals surface area (Å²) in [5.41, 5.74) is 5.56. The molecule has 6 nitrogen and oxygen atoms in total. The first-order chi connectivity index (χ1) is 17.6. The van der Waals surface area contributed by atoms with E-state index < -0.39 is 0 Å². The molecule has 0 radical (unpaired) electrons. The number of hydrogen-bond acceptors (Lipinski definition) is 5. The summed E-state index contributed by atoms with van der Waals surface area (Å²) >= 11 is 3.46. The lowest BCUT2D eigenvalue weighted by molar-refractivity contribution is 0.0526. The van der Waals surface area contributed by atoms with Gasteiger partial charge >= 0.3 is 12.0 Å². The van der Waals surface area contributed by atoms with E-state index in [1.807, 2.05) is 23.2 Å². The Balaban J connectivity index is 1.39. The Morgan fingerprint density at radius 1 is 1.00 bits per heavy atom. The summed E-state index contributed by atoms with van der Waals surface area (Å²) in [6.07, 6.45) is 11.7. The summed E-state index contributed by atoms with van der Waals surface area (Å²) in [7, 11) is 0. The van der Waals surface area contributed by atoms with Crippen LogP contribution in [0.15, 0.2) is 18.3 Å². The Bertz CT molecular complexity index is 1320. The minimum atomic E-state index is -0.321. The van der Waals surface area contributed by atoms with Gasteiger partial charge in [0, 0.05) is 27.2 Å². The SMILES string of the molecule is CCOC(=O)c1c(NC(=O)N2Cc3c(sc4c3CCCC4)-n3cccc3[C@@H]2CC)sc2c1CCCC2. The molecule has 6 rings (SSSR count). The zero-order chi connectivity index (χ0) is 24.8. The van der Waals surface area contributed by atoms with Crippen LogP contribution in [0.2, 0.25) is 0 Å². The fraction of sp³-hybridized carbons (Fsp3) is 0.500. The number of hydrogen-bond donors (Lipinski definition) is 1. The Morgan fingerprint density at radius 3 is 2.47 bits per heavy atom. The lowest BCUT2D eigenvalue weighted by atomic mass is 9.95. The van der Waals surface area contributed by atoms with E-state index in [1.54, 1.807) is 11.3 Å². The van der Waals surface area contributed by atoms with Gasteiger partial charge in [-0.3, -0.25) is 5.32 Å². The third-order valence-electron chi connectivity index (χ3n) is 7.82. The van der Waals surface area contributed by atoms with Gasteiger partial charge in [0.2, 0.25) is 0 Å². The maximum atomic E-state index is 14.0. The van der Waals surface area contributed by atoms with Crippen molar-refractivity contribution in [1.29, 1.82) is 0 Å². The highest BCUT2D eigenvalue weighted by molar-refractivity contribution is 7.17. The standard InChI is InChI=1S/C28H33N3O3S2/c1-3-20-21-12-9-15-30(21)26-19(17-10-5-7-13-22(17)36-26)16-31(20)28(33)29-25-24(27(32)34-4-2)18-11-6-8-14-23(18)35-25/h9,12,15,20H,3-8,10-11,13-14,16H2,1-2H3,(H,29,33)/t20-/m0/s1. The van der Waals surface area contributed by atoms with Gasteiger partial charge in [0.05, 0.1) is 24.8 Å². The number of aryl methyl sites for hydroxylation is 2. The minimum Gasteiger partial charge on any atom is -0.462 e. The van der Waals surface area contributed by atoms with E-state index in [4.69, 9.17) is 4.74 Å². The van der Waals surface area contributed by atoms with Crippen LogP contribution in [0, 0.1) is 0 Å². The highest BCUT2D eigenvalue weighted by Crippen LogP contribution is 2.44. The van der Waals surface area contributed by atoms with E-state index in [1.165, 1.54) is 38.7 Å². The van der Waals surface area contributed by atoms with Crippen molar-refractivity contribution in [3.05, 3.63) is 56.0 Å². The van der Waals surface area contributed by atoms with Crippen LogP contribution in [0.25, 0.3) is 5.00 Å². The number of ether oxygens (including phenoxy) is 1. The number of urea groups is 1. The predicted molar refractivity (Wildman–Crippen MR) is 145 cm³/mol. The van der Waals surface area contributed by atoms with Crippen molar-refractivity contribution in [1.82, 2.24) is 9.47 Å². The fourth-order valence-electron chi connectivity index (χ4n) is 6.15. The molecule has 0 unspecified atom stereocenters. The Hall–Kier alpha value is -2.58. The molecule has 0 bridgehead atoms. The number of nitrogens with zero attached hydrogens (tertiary/aromatic N) is 2. The van der Waals surface area contributed by atoms with Crippen molar-refractivity contribution in [3.8, 4) is 5.00 Å². The normalized spacial score (nSPS) is 18.5. The van der Waals surface area contributed by atoms with Gasteiger partial charge in [-0.25, -0.2) is 9.59 Å². The molecule has 3 aliphatic rings. The van der Waals surface area contributed by atoms with Gasteiger partial charge in [-0.1, -0.05) is 6.92 Å². The Morgan fingerprint density at radius 2 is 1.72 bits per heavy atom. The number of aromatic nitrogens is 1. The number of fused-ring (bicyclic) bond motifs is 6. The van der Waals surface area contributed by atoms with Crippen molar-refractivity contribution >= 4 is 39.7 Å². The zero-order valence-corrected chi connectivity index (χ0v) is 22.7. The highest BCUT2D eigenvalue weighted by Gasteiger charge is 2.35. The van der Waals surface area contributed by atoms with Crippen molar-refractivity contribution in [2.75, 3.05) is 11.9 Å². The van der Waals surface area contributed by atoms with E-state index in [0.717, 1.165) is 56.2 Å². The molecule has 0 saturated heterocycles. The van der Waals surface area contributed by atoms with E-state index in [2.05, 4.69) is 35.1 Å². The lowest BCUT2D eigenvalue weighted by Gasteiger charge is -2.30. The minimum absolute atomic E-state index is 0.0422. The largest absolute Gasteiger partial charge is 0.462 e. The number of esters is 1. The van der Waals surface area contributed by atoms with E-state index in [9.17, 15) is 9.59 Å². The monoisotopic (exact) mass is 523 g/mol. The topological polar surface area (TPSA) is 63.6 Å². The van der Waals surface area contributed by atoms with Gasteiger partial charge in [-0.2, -0.15) is 0 Å². The number of rotatable bonds is 4. The Kier molecular flexibility index (Phi) is 6.42. The van der Waals surface area contributed by atoms with Gasteiger partial charge in [0.15, 0.2) is 0 Å². The van der Waals surface area contributed by atoms with Crippen LogP contribution in [0.3, 0.4) is 0 Å². The summed E-state index contributed by atoms with van der Waals surface area (Å²) in [5.74, 6) is -0.321. The molecule has 190 valence electrons. The maximum absolute atomic E-state index is 14.0. The molecular formula is C28H33N3O3S2. The summed E-state index contributed by atoms with van der Waals surface area (Å²) in [6, 6.07) is 4.06. The predicted octanol–water partition coefficient (Wildman–Crippen LogP) is 7.03. The van der Waals surface area contributed by atoms with Crippen molar-refractivity contribution < 1.29 is 14.3 Å². The second-order valence-corrected chi connectivity index (χ2v) is 12.1. The van der Waals surface area contributed by atoms with Crippen molar-refractivity contribution in [3.63, 3.8) is 0 Å². The first kappa shape index (κ1) is 23.8. The number of thiophene rings is 2. The first-order valence-electron chi connectivity index (χ1n) is 13.3. The van der Waals surface area contributed by atoms with E-state index in [0.29, 0.717) is 23.7 Å². The molecule has 0 spiro atoms. The van der Waals surface area contributed by atoms with Crippen LogP contribution < -0.4 is 5.32 Å². The van der Waals surface area contributed by atoms with Gasteiger partial charge in [-0.05, 0) is 88.0 Å². The molecule has 1 atom stereocenters. The summed E-state index contributed by atoms with van der Waals surface area (Å²) in [4.78, 5) is 31.7. The van der Waals surface area contributed by atoms with Crippen LogP contribution in [-0.4, -0.2) is 28.1 Å². The third kappa shape index (κ3) is 3.89. The molecule has 1 N–H and O–H groups in total. The number of anilines is 1. The molecule has 8 heteroatoms. The molecule has 3 aromatic rings. The van der Waals surface area contributed by atoms with Crippen molar-refractivity contribution in [2.24, 2.45) is 0 Å². The smallest absolute Gasteiger partial charge is 0.341 e. The fourth-order valence-corrected chi connectivity index (χ4v) is 8.82. The second kappa shape index (κ2) is 9.71. The lowest BCUT2D eigenvalue weighted by Crippen LogP contribution is -2.37. The first-order valence-corrected chi connectivity index (χ1v) is 14.9. The third-order valence-corrected chi connectivity index (χ3v) is 10.4. The number of amides is 2. The van der Waals surface area contributed by atoms with Crippen LogP contribution in [0.4, 0.5) is 9.80 Å². The maximum Gasteiger partial charge on any atom is 0.341 e. The number of carbonyl (C=O) groups is 2. The van der Waals surface area contributed by atoms with Crippen LogP contribution in [0.5, 0.6) is 0 Å². The average Bonchev–Trinajstić information content (AvgIpc) is 3.57. The van der Waals surface area contributed by atoms with Gasteiger partial charge in [0.25, 0.3) is 0 Å².